The average molecular weight is 853 g/mol. The van der Waals surface area contributed by atoms with Gasteiger partial charge in [0.15, 0.2) is 6.10 Å². The van der Waals surface area contributed by atoms with Crippen molar-refractivity contribution in [3.05, 3.63) is 60.8 Å². The molecule has 0 aliphatic carbocycles. The molecule has 6 heteroatoms. The van der Waals surface area contributed by atoms with E-state index in [-0.39, 0.29) is 31.1 Å². The number of unbranched alkanes of at least 4 members (excludes halogenated alkanes) is 27. The smallest absolute Gasteiger partial charge is 0.306 e. The van der Waals surface area contributed by atoms with Gasteiger partial charge in [0, 0.05) is 19.3 Å². The Hall–Kier alpha value is -2.89. The second kappa shape index (κ2) is 49.8. The van der Waals surface area contributed by atoms with E-state index >= 15 is 0 Å². The van der Waals surface area contributed by atoms with Gasteiger partial charge in [-0.3, -0.25) is 14.4 Å². The summed E-state index contributed by atoms with van der Waals surface area (Å²) >= 11 is 0. The first-order valence-electron chi connectivity index (χ1n) is 25.8. The van der Waals surface area contributed by atoms with Crippen LogP contribution in [0.2, 0.25) is 0 Å². The molecule has 0 aromatic carbocycles. The summed E-state index contributed by atoms with van der Waals surface area (Å²) in [7, 11) is 0. The fraction of sp³-hybridized carbons (Fsp3) is 0.764. The highest BCUT2D eigenvalue weighted by molar-refractivity contribution is 5.71. The molecule has 0 aromatic rings. The highest BCUT2D eigenvalue weighted by Gasteiger charge is 2.19. The summed E-state index contributed by atoms with van der Waals surface area (Å²) in [5.74, 6) is -0.911. The third-order valence-corrected chi connectivity index (χ3v) is 11.0. The lowest BCUT2D eigenvalue weighted by molar-refractivity contribution is -0.167. The lowest BCUT2D eigenvalue weighted by atomic mass is 10.1. The van der Waals surface area contributed by atoms with Crippen LogP contribution in [-0.4, -0.2) is 37.2 Å². The van der Waals surface area contributed by atoms with E-state index in [1.165, 1.54) is 128 Å². The number of rotatable bonds is 46. The Labute approximate surface area is 377 Å². The van der Waals surface area contributed by atoms with Gasteiger partial charge in [-0.2, -0.15) is 0 Å². The topological polar surface area (TPSA) is 78.9 Å². The summed E-state index contributed by atoms with van der Waals surface area (Å²) in [5, 5.41) is 0. The molecule has 0 radical (unpaired) electrons. The summed E-state index contributed by atoms with van der Waals surface area (Å²) in [6.45, 7) is 6.46. The molecule has 0 heterocycles. The highest BCUT2D eigenvalue weighted by atomic mass is 16.6. The van der Waals surface area contributed by atoms with Crippen LogP contribution in [0.3, 0.4) is 0 Å². The van der Waals surface area contributed by atoms with Crippen molar-refractivity contribution in [2.45, 2.75) is 258 Å². The summed E-state index contributed by atoms with van der Waals surface area (Å²) in [4.78, 5) is 38.0. The van der Waals surface area contributed by atoms with E-state index in [0.717, 1.165) is 83.5 Å². The van der Waals surface area contributed by atoms with Crippen molar-refractivity contribution in [2.24, 2.45) is 0 Å². The Morgan fingerprint density at radius 1 is 0.344 bits per heavy atom. The molecular weight excluding hydrogens is 757 g/mol. The van der Waals surface area contributed by atoms with Crippen LogP contribution >= 0.6 is 0 Å². The van der Waals surface area contributed by atoms with Gasteiger partial charge >= 0.3 is 17.9 Å². The van der Waals surface area contributed by atoms with E-state index in [9.17, 15) is 14.4 Å². The Morgan fingerprint density at radius 2 is 0.656 bits per heavy atom. The minimum Gasteiger partial charge on any atom is -0.462 e. The standard InChI is InChI=1S/C55H96O6/c1-4-7-10-13-16-19-22-25-27-30-33-36-39-42-45-48-54(57)60-51-52(50-59-53(56)47-44-41-38-35-32-29-24-21-18-15-12-9-6-3)61-55(58)49-46-43-40-37-34-31-28-26-23-20-17-14-11-8-5-2/h9,12,15,18-24,52H,4-8,10-11,13-14,16-17,25-51H2,1-3H3/b12-9+,18-15+,22-19+,23-20+,24-21+. The normalized spacial score (nSPS) is 12.5. The molecule has 0 N–H and O–H groups in total. The largest absolute Gasteiger partial charge is 0.462 e. The van der Waals surface area contributed by atoms with Crippen molar-refractivity contribution in [1.29, 1.82) is 0 Å². The lowest BCUT2D eigenvalue weighted by Crippen LogP contribution is -2.30. The van der Waals surface area contributed by atoms with Crippen LogP contribution in [0.1, 0.15) is 252 Å². The molecule has 61 heavy (non-hydrogen) atoms. The van der Waals surface area contributed by atoms with Crippen LogP contribution in [-0.2, 0) is 28.6 Å². The molecule has 0 aliphatic heterocycles. The molecule has 0 fully saturated rings. The van der Waals surface area contributed by atoms with Crippen LogP contribution in [0.4, 0.5) is 0 Å². The first kappa shape index (κ1) is 58.1. The van der Waals surface area contributed by atoms with Crippen LogP contribution in [0.15, 0.2) is 60.8 Å². The third-order valence-electron chi connectivity index (χ3n) is 11.0. The molecule has 0 aliphatic rings. The van der Waals surface area contributed by atoms with Crippen LogP contribution in [0.25, 0.3) is 0 Å². The Morgan fingerprint density at radius 3 is 1.03 bits per heavy atom. The zero-order valence-corrected chi connectivity index (χ0v) is 40.2. The number of hydrogen-bond acceptors (Lipinski definition) is 6. The van der Waals surface area contributed by atoms with Crippen LogP contribution in [0, 0.1) is 0 Å². The quantitative estimate of drug-likeness (QED) is 0.0200. The van der Waals surface area contributed by atoms with Crippen molar-refractivity contribution in [3.8, 4) is 0 Å². The van der Waals surface area contributed by atoms with Gasteiger partial charge in [-0.15, -0.1) is 0 Å². The molecule has 0 saturated carbocycles. The molecule has 1 unspecified atom stereocenters. The molecule has 0 amide bonds. The predicted molar refractivity (Wildman–Crippen MR) is 261 cm³/mol. The molecule has 0 bridgehead atoms. The predicted octanol–water partition coefficient (Wildman–Crippen LogP) is 16.9. The van der Waals surface area contributed by atoms with Crippen LogP contribution in [0.5, 0.6) is 0 Å². The van der Waals surface area contributed by atoms with E-state index in [0.29, 0.717) is 19.3 Å². The first-order valence-corrected chi connectivity index (χ1v) is 25.8. The number of carbonyl (C=O) groups is 3. The molecule has 0 aromatic heterocycles. The number of allylic oxidation sites excluding steroid dienone is 10. The van der Waals surface area contributed by atoms with Gasteiger partial charge in [-0.1, -0.05) is 204 Å². The van der Waals surface area contributed by atoms with Gasteiger partial charge in [-0.05, 0) is 89.9 Å². The summed E-state index contributed by atoms with van der Waals surface area (Å²) in [5.41, 5.74) is 0. The van der Waals surface area contributed by atoms with Gasteiger partial charge in [0.25, 0.3) is 0 Å². The maximum absolute atomic E-state index is 12.8. The van der Waals surface area contributed by atoms with Gasteiger partial charge < -0.3 is 14.2 Å². The van der Waals surface area contributed by atoms with Gasteiger partial charge in [-0.25, -0.2) is 0 Å². The molecule has 352 valence electrons. The van der Waals surface area contributed by atoms with Crippen molar-refractivity contribution in [3.63, 3.8) is 0 Å². The number of hydrogen-bond donors (Lipinski definition) is 0. The lowest BCUT2D eigenvalue weighted by Gasteiger charge is -2.18. The average Bonchev–Trinajstić information content (AvgIpc) is 3.26. The highest BCUT2D eigenvalue weighted by Crippen LogP contribution is 2.14. The molecule has 1 atom stereocenters. The second-order valence-electron chi connectivity index (χ2n) is 17.1. The first-order chi connectivity index (χ1) is 30.0. The second-order valence-corrected chi connectivity index (χ2v) is 17.1. The Kier molecular flexibility index (Phi) is 47.4. The van der Waals surface area contributed by atoms with E-state index < -0.39 is 6.10 Å². The SMILES string of the molecule is CC/C=C/C=C/C=C/CCCCCCCC(=O)OCC(COC(=O)CCCCCCCCC/C=C/CCCCCC)OC(=O)CCCCCCCCC/C=C/CCCCCC. The summed E-state index contributed by atoms with van der Waals surface area (Å²) < 4.78 is 16.8. The van der Waals surface area contributed by atoms with Crippen LogP contribution < -0.4 is 0 Å². The van der Waals surface area contributed by atoms with Crippen molar-refractivity contribution >= 4 is 17.9 Å². The molecule has 0 rings (SSSR count). The van der Waals surface area contributed by atoms with Gasteiger partial charge in [0.2, 0.25) is 0 Å². The minimum atomic E-state index is -0.785. The number of carbonyl (C=O) groups excluding carboxylic acids is 3. The van der Waals surface area contributed by atoms with Crippen molar-refractivity contribution in [2.75, 3.05) is 13.2 Å². The fourth-order valence-electron chi connectivity index (χ4n) is 7.14. The van der Waals surface area contributed by atoms with Crippen molar-refractivity contribution < 1.29 is 28.6 Å². The maximum Gasteiger partial charge on any atom is 0.306 e. The van der Waals surface area contributed by atoms with E-state index in [4.69, 9.17) is 14.2 Å². The Balaban J connectivity index is 4.41. The van der Waals surface area contributed by atoms with Crippen molar-refractivity contribution in [1.82, 2.24) is 0 Å². The van der Waals surface area contributed by atoms with E-state index in [1.807, 2.05) is 0 Å². The molecule has 0 spiro atoms. The monoisotopic (exact) mass is 853 g/mol. The zero-order valence-electron chi connectivity index (χ0n) is 40.2. The molecule has 6 nitrogen and oxygen atoms in total. The van der Waals surface area contributed by atoms with E-state index in [1.54, 1.807) is 0 Å². The summed E-state index contributed by atoms with van der Waals surface area (Å²) in [6, 6.07) is 0. The maximum atomic E-state index is 12.8. The van der Waals surface area contributed by atoms with Gasteiger partial charge in [0.05, 0.1) is 0 Å². The molecule has 0 saturated heterocycles. The molecular formula is C55H96O6. The van der Waals surface area contributed by atoms with E-state index in [2.05, 4.69) is 81.5 Å². The fourth-order valence-corrected chi connectivity index (χ4v) is 7.14. The zero-order chi connectivity index (χ0) is 44.4. The third kappa shape index (κ3) is 48.0. The number of esters is 3. The Bertz CT molecular complexity index is 1120. The minimum absolute atomic E-state index is 0.0846. The van der Waals surface area contributed by atoms with Gasteiger partial charge in [0.1, 0.15) is 13.2 Å². The number of ether oxygens (including phenoxy) is 3. The summed E-state index contributed by atoms with van der Waals surface area (Å²) in [6.07, 6.45) is 60.5.